The number of alkyl halides is 3. The fourth-order valence-electron chi connectivity index (χ4n) is 2.83. The highest BCUT2D eigenvalue weighted by Crippen LogP contribution is 2.32. The molecule has 1 amide bonds. The molecule has 0 saturated carbocycles. The van der Waals surface area contributed by atoms with E-state index in [0.29, 0.717) is 17.3 Å². The average Bonchev–Trinajstić information content (AvgIpc) is 3.06. The Labute approximate surface area is 169 Å². The van der Waals surface area contributed by atoms with Crippen LogP contribution in [0.1, 0.15) is 38.0 Å². The van der Waals surface area contributed by atoms with Crippen LogP contribution in [0.4, 0.5) is 18.0 Å². The van der Waals surface area contributed by atoms with Crippen LogP contribution in [-0.4, -0.2) is 47.6 Å². The highest BCUT2D eigenvalue weighted by atomic mass is 19.4. The van der Waals surface area contributed by atoms with Crippen LogP contribution in [-0.2, 0) is 20.4 Å². The fourth-order valence-corrected chi connectivity index (χ4v) is 2.83. The molecule has 2 heterocycles. The molecular formula is C18H22F3N3O6. The highest BCUT2D eigenvalue weighted by molar-refractivity contribution is 5.67. The van der Waals surface area contributed by atoms with Crippen LogP contribution in [0.2, 0.25) is 0 Å². The summed E-state index contributed by atoms with van der Waals surface area (Å²) in [4.78, 5) is 36.8. The molecule has 0 unspecified atom stereocenters. The van der Waals surface area contributed by atoms with E-state index in [0.717, 1.165) is 12.8 Å². The van der Waals surface area contributed by atoms with E-state index in [-0.39, 0.29) is 19.6 Å². The number of ether oxygens (including phenoxy) is 3. The van der Waals surface area contributed by atoms with Crippen LogP contribution in [0.25, 0.3) is 0 Å². The van der Waals surface area contributed by atoms with Gasteiger partial charge < -0.3 is 19.5 Å². The van der Waals surface area contributed by atoms with Gasteiger partial charge in [0.1, 0.15) is 31.1 Å². The van der Waals surface area contributed by atoms with Crippen molar-refractivity contribution < 1.29 is 32.2 Å². The molecule has 0 aromatic carbocycles. The molecule has 0 radical (unpaired) electrons. The number of nitrogens with one attached hydrogen (secondary N) is 2. The predicted molar refractivity (Wildman–Crippen MR) is 97.7 cm³/mol. The highest BCUT2D eigenvalue weighted by Gasteiger charge is 2.40. The van der Waals surface area contributed by atoms with Crippen molar-refractivity contribution in [3.8, 4) is 12.3 Å². The number of H-pyrrole nitrogens is 1. The van der Waals surface area contributed by atoms with Crippen LogP contribution >= 0.6 is 0 Å². The second-order valence-corrected chi connectivity index (χ2v) is 6.50. The number of unbranched alkanes of at least 4 members (excludes halogenated alkanes) is 1. The van der Waals surface area contributed by atoms with Crippen LogP contribution in [0.5, 0.6) is 0 Å². The summed E-state index contributed by atoms with van der Waals surface area (Å²) in [7, 11) is 0. The number of halogens is 3. The number of nitrogens with zero attached hydrogens (tertiary/aromatic N) is 1. The molecule has 0 spiro atoms. The first-order valence-electron chi connectivity index (χ1n) is 9.21. The summed E-state index contributed by atoms with van der Waals surface area (Å²) >= 11 is 0. The minimum atomic E-state index is -4.96. The molecule has 9 nitrogen and oxygen atoms in total. The van der Waals surface area contributed by atoms with E-state index >= 15 is 0 Å². The average molecular weight is 433 g/mol. The van der Waals surface area contributed by atoms with E-state index in [2.05, 4.69) is 11.2 Å². The molecule has 30 heavy (non-hydrogen) atoms. The van der Waals surface area contributed by atoms with Gasteiger partial charge in [0.05, 0.1) is 6.10 Å². The van der Waals surface area contributed by atoms with Gasteiger partial charge in [-0.05, 0) is 6.42 Å². The van der Waals surface area contributed by atoms with E-state index in [1.165, 1.54) is 0 Å². The third-order valence-corrected chi connectivity index (χ3v) is 4.32. The number of amides is 1. The third kappa shape index (κ3) is 6.11. The first-order valence-corrected chi connectivity index (χ1v) is 9.21. The molecule has 1 aliphatic heterocycles. The molecule has 3 atom stereocenters. The standard InChI is InChI=1S/C18H22F3N3O6/c1-3-5-6-22-17(27)29-10-13-12(28-7-4-2)8-14(30-13)24-9-11(18(19,20)21)15(25)23-16(24)26/h2,9,12-14H,3,5-8,10H2,1H3,(H,22,27)(H,23,25,26)/t12-,13+,14+/m0/s1. The Morgan fingerprint density at radius 3 is 2.83 bits per heavy atom. The smallest absolute Gasteiger partial charge is 0.423 e. The van der Waals surface area contributed by atoms with Crippen molar-refractivity contribution in [3.63, 3.8) is 0 Å². The Hall–Kier alpha value is -2.78. The lowest BCUT2D eigenvalue weighted by atomic mass is 10.2. The molecule has 1 saturated heterocycles. The van der Waals surface area contributed by atoms with Gasteiger partial charge in [0.2, 0.25) is 0 Å². The van der Waals surface area contributed by atoms with Gasteiger partial charge in [-0.2, -0.15) is 13.2 Å². The molecule has 2 rings (SSSR count). The van der Waals surface area contributed by atoms with Crippen LogP contribution in [0.15, 0.2) is 15.8 Å². The van der Waals surface area contributed by atoms with Gasteiger partial charge in [0.25, 0.3) is 5.56 Å². The molecule has 1 fully saturated rings. The molecule has 12 heteroatoms. The number of aromatic amines is 1. The van der Waals surface area contributed by atoms with Crippen LogP contribution < -0.4 is 16.6 Å². The molecule has 166 valence electrons. The van der Waals surface area contributed by atoms with Crippen molar-refractivity contribution in [3.05, 3.63) is 32.6 Å². The van der Waals surface area contributed by atoms with Crippen LogP contribution in [0, 0.1) is 12.3 Å². The van der Waals surface area contributed by atoms with Crippen LogP contribution in [0.3, 0.4) is 0 Å². The number of carbonyl (C=O) groups excluding carboxylic acids is 1. The van der Waals surface area contributed by atoms with E-state index in [4.69, 9.17) is 20.6 Å². The fraction of sp³-hybridized carbons (Fsp3) is 0.611. The number of hydrogen-bond donors (Lipinski definition) is 2. The summed E-state index contributed by atoms with van der Waals surface area (Å²) in [6.07, 6.45) is -1.30. The molecule has 2 N–H and O–H groups in total. The number of rotatable bonds is 8. The summed E-state index contributed by atoms with van der Waals surface area (Å²) in [6, 6.07) is 0. The first kappa shape index (κ1) is 23.5. The Morgan fingerprint density at radius 2 is 2.20 bits per heavy atom. The van der Waals surface area contributed by atoms with Crippen molar-refractivity contribution in [1.29, 1.82) is 0 Å². The Morgan fingerprint density at radius 1 is 1.47 bits per heavy atom. The molecule has 0 aliphatic carbocycles. The molecule has 1 aliphatic rings. The Kier molecular flexibility index (Phi) is 8.08. The maximum Gasteiger partial charge on any atom is 0.423 e. The molecule has 1 aromatic rings. The van der Waals surface area contributed by atoms with Crippen molar-refractivity contribution in [2.75, 3.05) is 19.8 Å². The largest absolute Gasteiger partial charge is 0.447 e. The van der Waals surface area contributed by atoms with E-state index in [1.54, 1.807) is 4.98 Å². The monoisotopic (exact) mass is 433 g/mol. The van der Waals surface area contributed by atoms with Gasteiger partial charge in [-0.15, -0.1) is 6.42 Å². The Bertz CT molecular complexity index is 889. The third-order valence-electron chi connectivity index (χ3n) is 4.32. The SMILES string of the molecule is C#CCO[C@H]1C[C@H](n2cc(C(F)(F)F)c(=O)[nH]c2=O)O[C@@H]1COC(=O)NCCCC. The quantitative estimate of drug-likeness (QED) is 0.473. The minimum absolute atomic E-state index is 0.0452. The summed E-state index contributed by atoms with van der Waals surface area (Å²) in [5.74, 6) is 2.25. The number of aromatic nitrogens is 2. The maximum atomic E-state index is 13.0. The minimum Gasteiger partial charge on any atom is -0.447 e. The lowest BCUT2D eigenvalue weighted by Crippen LogP contribution is -2.36. The predicted octanol–water partition coefficient (Wildman–Crippen LogP) is 1.39. The second kappa shape index (κ2) is 10.3. The van der Waals surface area contributed by atoms with E-state index in [9.17, 15) is 27.6 Å². The van der Waals surface area contributed by atoms with Crippen molar-refractivity contribution in [1.82, 2.24) is 14.9 Å². The van der Waals surface area contributed by atoms with Gasteiger partial charge in [-0.25, -0.2) is 9.59 Å². The zero-order valence-corrected chi connectivity index (χ0v) is 16.2. The number of terminal acetylenes is 1. The summed E-state index contributed by atoms with van der Waals surface area (Å²) in [5, 5.41) is 2.54. The molecular weight excluding hydrogens is 411 g/mol. The van der Waals surface area contributed by atoms with Gasteiger partial charge in [0, 0.05) is 19.2 Å². The molecule has 0 bridgehead atoms. The summed E-state index contributed by atoms with van der Waals surface area (Å²) in [5.41, 5.74) is -4.17. The van der Waals surface area contributed by atoms with Gasteiger partial charge in [-0.1, -0.05) is 19.3 Å². The second-order valence-electron chi connectivity index (χ2n) is 6.50. The number of alkyl carbamates (subject to hydrolysis) is 1. The first-order chi connectivity index (χ1) is 14.2. The zero-order valence-electron chi connectivity index (χ0n) is 16.2. The lowest BCUT2D eigenvalue weighted by molar-refractivity contribution is -0.139. The topological polar surface area (TPSA) is 112 Å². The zero-order chi connectivity index (χ0) is 22.3. The van der Waals surface area contributed by atoms with E-state index < -0.39 is 47.5 Å². The normalized spacial score (nSPS) is 21.2. The van der Waals surface area contributed by atoms with Crippen molar-refractivity contribution >= 4 is 6.09 Å². The van der Waals surface area contributed by atoms with Crippen molar-refractivity contribution in [2.24, 2.45) is 0 Å². The maximum absolute atomic E-state index is 13.0. The summed E-state index contributed by atoms with van der Waals surface area (Å²) in [6.45, 7) is 1.99. The van der Waals surface area contributed by atoms with E-state index in [1.807, 2.05) is 6.92 Å². The van der Waals surface area contributed by atoms with Crippen molar-refractivity contribution in [2.45, 2.75) is 50.8 Å². The summed E-state index contributed by atoms with van der Waals surface area (Å²) < 4.78 is 55.8. The molecule has 1 aromatic heterocycles. The van der Waals surface area contributed by atoms with Gasteiger partial charge in [0.15, 0.2) is 0 Å². The lowest BCUT2D eigenvalue weighted by Gasteiger charge is -2.18. The van der Waals surface area contributed by atoms with Gasteiger partial charge >= 0.3 is 18.0 Å². The number of hydrogen-bond acceptors (Lipinski definition) is 6. The Balaban J connectivity index is 2.15. The van der Waals surface area contributed by atoms with Gasteiger partial charge in [-0.3, -0.25) is 14.3 Å². The number of carbonyl (C=O) groups is 1.